The van der Waals surface area contributed by atoms with E-state index >= 15 is 0 Å². The van der Waals surface area contributed by atoms with Crippen LogP contribution in [0, 0.1) is 0 Å². The minimum Gasteiger partial charge on any atom is -0.394 e. The standard InChI is InChI=1S/C16H21N5O2/c22-12-14-2-1-9-21(14)16(23)18-15-6-11-20(19-15)10-5-13-3-7-17-8-4-13/h3-4,6-8,11,14,22H,1-2,5,9-10,12H2,(H,18,19,23)/t14-/m1/s1. The predicted molar refractivity (Wildman–Crippen MR) is 86.0 cm³/mol. The second kappa shape index (κ2) is 7.23. The van der Waals surface area contributed by atoms with Crippen molar-refractivity contribution < 1.29 is 9.90 Å². The molecule has 7 nitrogen and oxygen atoms in total. The minimum atomic E-state index is -0.194. The molecule has 0 bridgehead atoms. The molecule has 1 fully saturated rings. The smallest absolute Gasteiger partial charge is 0.323 e. The monoisotopic (exact) mass is 315 g/mol. The molecule has 2 amide bonds. The van der Waals surface area contributed by atoms with Crippen LogP contribution in [0.15, 0.2) is 36.8 Å². The number of carbonyl (C=O) groups is 1. The lowest BCUT2D eigenvalue weighted by Gasteiger charge is -2.22. The van der Waals surface area contributed by atoms with E-state index in [1.807, 2.05) is 23.0 Å². The van der Waals surface area contributed by atoms with Crippen LogP contribution in [0.4, 0.5) is 10.6 Å². The molecule has 2 aromatic heterocycles. The molecular weight excluding hydrogens is 294 g/mol. The largest absolute Gasteiger partial charge is 0.394 e. The van der Waals surface area contributed by atoms with Gasteiger partial charge in [-0.15, -0.1) is 0 Å². The highest BCUT2D eigenvalue weighted by Gasteiger charge is 2.28. The average molecular weight is 315 g/mol. The van der Waals surface area contributed by atoms with Gasteiger partial charge in [0, 0.05) is 37.7 Å². The first-order valence-electron chi connectivity index (χ1n) is 7.87. The Hall–Kier alpha value is -2.41. The third-order valence-electron chi connectivity index (χ3n) is 4.10. The van der Waals surface area contributed by atoms with E-state index in [2.05, 4.69) is 15.4 Å². The van der Waals surface area contributed by atoms with Gasteiger partial charge in [0.05, 0.1) is 12.6 Å². The number of urea groups is 1. The summed E-state index contributed by atoms with van der Waals surface area (Å²) < 4.78 is 1.81. The van der Waals surface area contributed by atoms with E-state index in [1.165, 1.54) is 5.56 Å². The Kier molecular flexibility index (Phi) is 4.87. The van der Waals surface area contributed by atoms with Crippen molar-refractivity contribution in [2.45, 2.75) is 31.8 Å². The molecule has 1 aliphatic rings. The quantitative estimate of drug-likeness (QED) is 0.876. The molecule has 0 unspecified atom stereocenters. The number of nitrogens with zero attached hydrogens (tertiary/aromatic N) is 4. The summed E-state index contributed by atoms with van der Waals surface area (Å²) >= 11 is 0. The molecule has 122 valence electrons. The van der Waals surface area contributed by atoms with Crippen LogP contribution in [0.25, 0.3) is 0 Å². The first-order chi connectivity index (χ1) is 11.3. The van der Waals surface area contributed by atoms with Crippen molar-refractivity contribution in [3.05, 3.63) is 42.4 Å². The van der Waals surface area contributed by atoms with Gasteiger partial charge in [0.15, 0.2) is 5.82 Å². The molecule has 1 saturated heterocycles. The summed E-state index contributed by atoms with van der Waals surface area (Å²) in [6.45, 7) is 1.43. The molecule has 0 radical (unpaired) electrons. The first-order valence-corrected chi connectivity index (χ1v) is 7.87. The molecule has 1 atom stereocenters. The normalized spacial score (nSPS) is 17.4. The number of nitrogens with one attached hydrogen (secondary N) is 1. The third-order valence-corrected chi connectivity index (χ3v) is 4.10. The van der Waals surface area contributed by atoms with Gasteiger partial charge in [-0.25, -0.2) is 4.79 Å². The molecule has 3 heterocycles. The zero-order valence-electron chi connectivity index (χ0n) is 12.9. The number of pyridine rings is 1. The average Bonchev–Trinajstić information content (AvgIpc) is 3.22. The van der Waals surface area contributed by atoms with Crippen LogP contribution in [-0.2, 0) is 13.0 Å². The summed E-state index contributed by atoms with van der Waals surface area (Å²) in [4.78, 5) is 17.9. The number of aliphatic hydroxyl groups is 1. The van der Waals surface area contributed by atoms with Crippen LogP contribution in [0.2, 0.25) is 0 Å². The maximum Gasteiger partial charge on any atom is 0.323 e. The summed E-state index contributed by atoms with van der Waals surface area (Å²) in [6.07, 6.45) is 8.04. The van der Waals surface area contributed by atoms with Crippen molar-refractivity contribution in [1.29, 1.82) is 0 Å². The summed E-state index contributed by atoms with van der Waals surface area (Å²) in [7, 11) is 0. The van der Waals surface area contributed by atoms with Gasteiger partial charge in [-0.1, -0.05) is 0 Å². The summed E-state index contributed by atoms with van der Waals surface area (Å²) in [5.74, 6) is 0.535. The van der Waals surface area contributed by atoms with Crippen molar-refractivity contribution in [3.63, 3.8) is 0 Å². The molecule has 0 spiro atoms. The van der Waals surface area contributed by atoms with Crippen LogP contribution in [0.3, 0.4) is 0 Å². The lowest BCUT2D eigenvalue weighted by atomic mass is 10.2. The number of hydrogen-bond donors (Lipinski definition) is 2. The van der Waals surface area contributed by atoms with Crippen molar-refractivity contribution in [1.82, 2.24) is 19.7 Å². The molecular formula is C16H21N5O2. The molecule has 23 heavy (non-hydrogen) atoms. The fraction of sp³-hybridized carbons (Fsp3) is 0.438. The van der Waals surface area contributed by atoms with Gasteiger partial charge in [-0.2, -0.15) is 5.10 Å². The molecule has 0 aromatic carbocycles. The van der Waals surface area contributed by atoms with E-state index in [0.717, 1.165) is 25.8 Å². The SMILES string of the molecule is O=C(Nc1ccn(CCc2ccncc2)n1)N1CCC[C@@H]1CO. The molecule has 2 N–H and O–H groups in total. The number of carbonyl (C=O) groups excluding carboxylic acids is 1. The fourth-order valence-electron chi connectivity index (χ4n) is 2.82. The number of anilines is 1. The van der Waals surface area contributed by atoms with Crippen LogP contribution in [0.1, 0.15) is 18.4 Å². The van der Waals surface area contributed by atoms with Crippen molar-refractivity contribution in [3.8, 4) is 0 Å². The molecule has 1 aliphatic heterocycles. The predicted octanol–water partition coefficient (Wildman–Crippen LogP) is 1.51. The number of amides is 2. The van der Waals surface area contributed by atoms with Crippen LogP contribution in [-0.4, -0.2) is 50.0 Å². The number of aliphatic hydroxyl groups excluding tert-OH is 1. The molecule has 0 aliphatic carbocycles. The minimum absolute atomic E-state index is 0.00773. The van der Waals surface area contributed by atoms with Gasteiger partial charge in [0.1, 0.15) is 0 Å². The highest BCUT2D eigenvalue weighted by atomic mass is 16.3. The molecule has 3 rings (SSSR count). The zero-order valence-corrected chi connectivity index (χ0v) is 12.9. The maximum atomic E-state index is 12.2. The van der Waals surface area contributed by atoms with Gasteiger partial charge >= 0.3 is 6.03 Å². The van der Waals surface area contributed by atoms with Gasteiger partial charge in [0.2, 0.25) is 0 Å². The second-order valence-corrected chi connectivity index (χ2v) is 5.67. The van der Waals surface area contributed by atoms with Crippen molar-refractivity contribution in [2.75, 3.05) is 18.5 Å². The summed E-state index contributed by atoms with van der Waals surface area (Å²) in [5.41, 5.74) is 1.20. The third kappa shape index (κ3) is 3.87. The first kappa shape index (κ1) is 15.5. The lowest BCUT2D eigenvalue weighted by Crippen LogP contribution is -2.40. The highest BCUT2D eigenvalue weighted by Crippen LogP contribution is 2.18. The fourth-order valence-corrected chi connectivity index (χ4v) is 2.82. The van der Waals surface area contributed by atoms with E-state index in [9.17, 15) is 9.90 Å². The highest BCUT2D eigenvalue weighted by molar-refractivity contribution is 5.88. The van der Waals surface area contributed by atoms with E-state index in [-0.39, 0.29) is 18.7 Å². The number of aryl methyl sites for hydroxylation is 2. The Balaban J connectivity index is 1.54. The van der Waals surface area contributed by atoms with Gasteiger partial charge in [-0.3, -0.25) is 15.0 Å². The topological polar surface area (TPSA) is 83.3 Å². The number of hydrogen-bond acceptors (Lipinski definition) is 4. The van der Waals surface area contributed by atoms with Crippen LogP contribution in [0.5, 0.6) is 0 Å². The van der Waals surface area contributed by atoms with E-state index in [4.69, 9.17) is 0 Å². The summed E-state index contributed by atoms with van der Waals surface area (Å²) in [6, 6.07) is 5.47. The van der Waals surface area contributed by atoms with Crippen molar-refractivity contribution >= 4 is 11.8 Å². The molecule has 7 heteroatoms. The van der Waals surface area contributed by atoms with E-state index < -0.39 is 0 Å². The Morgan fingerprint density at radius 3 is 2.96 bits per heavy atom. The summed E-state index contributed by atoms with van der Waals surface area (Å²) in [5, 5.41) is 16.5. The number of rotatable bonds is 5. The van der Waals surface area contributed by atoms with Gasteiger partial charge < -0.3 is 10.0 Å². The Labute approximate surface area is 134 Å². The zero-order chi connectivity index (χ0) is 16.1. The van der Waals surface area contributed by atoms with Crippen LogP contribution >= 0.6 is 0 Å². The number of aromatic nitrogens is 3. The van der Waals surface area contributed by atoms with Crippen LogP contribution < -0.4 is 5.32 Å². The number of likely N-dealkylation sites (tertiary alicyclic amines) is 1. The van der Waals surface area contributed by atoms with E-state index in [1.54, 1.807) is 23.4 Å². The Morgan fingerprint density at radius 2 is 2.17 bits per heavy atom. The van der Waals surface area contributed by atoms with Crippen molar-refractivity contribution in [2.24, 2.45) is 0 Å². The Bertz CT molecular complexity index is 643. The van der Waals surface area contributed by atoms with Gasteiger partial charge in [-0.05, 0) is 37.0 Å². The molecule has 0 saturated carbocycles. The molecule has 2 aromatic rings. The Morgan fingerprint density at radius 1 is 1.35 bits per heavy atom. The van der Waals surface area contributed by atoms with Gasteiger partial charge in [0.25, 0.3) is 0 Å². The maximum absolute atomic E-state index is 12.2. The lowest BCUT2D eigenvalue weighted by molar-refractivity contribution is 0.166. The second-order valence-electron chi connectivity index (χ2n) is 5.67. The van der Waals surface area contributed by atoms with E-state index in [0.29, 0.717) is 12.4 Å².